The van der Waals surface area contributed by atoms with Crippen molar-refractivity contribution < 1.29 is 4.92 Å². The van der Waals surface area contributed by atoms with Crippen LogP contribution in [-0.2, 0) is 6.42 Å². The SMILES string of the molecule is CNC(Cc1nccc(C)c1[N+](=O)[O-])C(C)C. The van der Waals surface area contributed by atoms with Gasteiger partial charge in [-0.1, -0.05) is 13.8 Å². The molecule has 0 fully saturated rings. The molecule has 0 aromatic carbocycles. The normalized spacial score (nSPS) is 12.8. The quantitative estimate of drug-likeness (QED) is 0.629. The Labute approximate surface area is 101 Å². The number of rotatable bonds is 5. The summed E-state index contributed by atoms with van der Waals surface area (Å²) >= 11 is 0. The molecule has 1 rings (SSSR count). The molecule has 0 radical (unpaired) electrons. The molecule has 0 saturated carbocycles. The Bertz CT molecular complexity index is 405. The van der Waals surface area contributed by atoms with Crippen LogP contribution in [0.5, 0.6) is 0 Å². The molecule has 5 heteroatoms. The smallest absolute Gasteiger partial charge is 0.293 e. The van der Waals surface area contributed by atoms with Crippen LogP contribution in [0.15, 0.2) is 12.3 Å². The van der Waals surface area contributed by atoms with Gasteiger partial charge in [0.15, 0.2) is 0 Å². The van der Waals surface area contributed by atoms with E-state index < -0.39 is 0 Å². The summed E-state index contributed by atoms with van der Waals surface area (Å²) in [5.41, 5.74) is 1.37. The van der Waals surface area contributed by atoms with Gasteiger partial charge in [-0.15, -0.1) is 0 Å². The van der Waals surface area contributed by atoms with E-state index in [4.69, 9.17) is 0 Å². The Kier molecular flexibility index (Phi) is 4.57. The minimum atomic E-state index is -0.343. The monoisotopic (exact) mass is 237 g/mol. The highest BCUT2D eigenvalue weighted by molar-refractivity contribution is 5.43. The van der Waals surface area contributed by atoms with Crippen molar-refractivity contribution in [2.75, 3.05) is 7.05 Å². The number of hydrogen-bond acceptors (Lipinski definition) is 4. The van der Waals surface area contributed by atoms with Gasteiger partial charge in [-0.05, 0) is 26.0 Å². The minimum absolute atomic E-state index is 0.147. The summed E-state index contributed by atoms with van der Waals surface area (Å²) in [5.74, 6) is 0.405. The van der Waals surface area contributed by atoms with E-state index in [0.29, 0.717) is 23.6 Å². The molecule has 0 aliphatic carbocycles. The first-order chi connectivity index (χ1) is 7.97. The number of hydrogen-bond donors (Lipinski definition) is 1. The highest BCUT2D eigenvalue weighted by atomic mass is 16.6. The highest BCUT2D eigenvalue weighted by Gasteiger charge is 2.22. The van der Waals surface area contributed by atoms with Crippen molar-refractivity contribution in [1.82, 2.24) is 10.3 Å². The van der Waals surface area contributed by atoms with E-state index in [1.165, 1.54) is 0 Å². The maximum absolute atomic E-state index is 11.0. The summed E-state index contributed by atoms with van der Waals surface area (Å²) in [4.78, 5) is 14.8. The van der Waals surface area contributed by atoms with Crippen LogP contribution in [-0.4, -0.2) is 23.0 Å². The van der Waals surface area contributed by atoms with Crippen LogP contribution in [0.4, 0.5) is 5.69 Å². The first-order valence-corrected chi connectivity index (χ1v) is 5.73. The Balaban J connectivity index is 3.05. The van der Waals surface area contributed by atoms with Gasteiger partial charge < -0.3 is 5.32 Å². The Hall–Kier alpha value is -1.49. The second kappa shape index (κ2) is 5.72. The first kappa shape index (κ1) is 13.6. The lowest BCUT2D eigenvalue weighted by Gasteiger charge is -2.19. The maximum atomic E-state index is 11.0. The molecular weight excluding hydrogens is 218 g/mol. The average Bonchev–Trinajstić information content (AvgIpc) is 2.24. The molecule has 0 amide bonds. The van der Waals surface area contributed by atoms with Crippen LogP contribution in [0.1, 0.15) is 25.1 Å². The largest absolute Gasteiger partial charge is 0.316 e. The average molecular weight is 237 g/mol. The number of aryl methyl sites for hydroxylation is 1. The van der Waals surface area contributed by atoms with Gasteiger partial charge in [-0.25, -0.2) is 0 Å². The fourth-order valence-electron chi connectivity index (χ4n) is 1.88. The lowest BCUT2D eigenvalue weighted by molar-refractivity contribution is -0.386. The molecule has 1 aromatic rings. The molecule has 1 aromatic heterocycles. The molecule has 5 nitrogen and oxygen atoms in total. The van der Waals surface area contributed by atoms with Gasteiger partial charge >= 0.3 is 0 Å². The molecule has 17 heavy (non-hydrogen) atoms. The van der Waals surface area contributed by atoms with Gasteiger partial charge in [0.1, 0.15) is 5.69 Å². The van der Waals surface area contributed by atoms with Gasteiger partial charge in [0.05, 0.1) is 4.92 Å². The van der Waals surface area contributed by atoms with Crippen molar-refractivity contribution in [3.63, 3.8) is 0 Å². The number of nitrogens with zero attached hydrogens (tertiary/aromatic N) is 2. The van der Waals surface area contributed by atoms with E-state index in [2.05, 4.69) is 24.1 Å². The molecule has 0 bridgehead atoms. The van der Waals surface area contributed by atoms with Crippen molar-refractivity contribution >= 4 is 5.69 Å². The number of likely N-dealkylation sites (N-methyl/N-ethyl adjacent to an activating group) is 1. The first-order valence-electron chi connectivity index (χ1n) is 5.73. The van der Waals surface area contributed by atoms with Crippen LogP contribution in [0, 0.1) is 23.0 Å². The van der Waals surface area contributed by atoms with Gasteiger partial charge in [0.2, 0.25) is 0 Å². The van der Waals surface area contributed by atoms with Crippen LogP contribution in [0.2, 0.25) is 0 Å². The number of aromatic nitrogens is 1. The molecule has 1 atom stereocenters. The maximum Gasteiger partial charge on any atom is 0.293 e. The van der Waals surface area contributed by atoms with E-state index in [0.717, 1.165) is 0 Å². The summed E-state index contributed by atoms with van der Waals surface area (Å²) in [6.07, 6.45) is 2.21. The molecule has 0 aliphatic heterocycles. The van der Waals surface area contributed by atoms with Gasteiger partial charge in [0, 0.05) is 24.2 Å². The van der Waals surface area contributed by atoms with Crippen molar-refractivity contribution in [3.8, 4) is 0 Å². The van der Waals surface area contributed by atoms with E-state index >= 15 is 0 Å². The second-order valence-electron chi connectivity index (χ2n) is 4.52. The molecule has 1 N–H and O–H groups in total. The van der Waals surface area contributed by atoms with Crippen molar-refractivity contribution in [2.45, 2.75) is 33.2 Å². The van der Waals surface area contributed by atoms with Crippen molar-refractivity contribution in [1.29, 1.82) is 0 Å². The van der Waals surface area contributed by atoms with Crippen molar-refractivity contribution in [2.24, 2.45) is 5.92 Å². The van der Waals surface area contributed by atoms with Gasteiger partial charge in [-0.2, -0.15) is 0 Å². The zero-order valence-corrected chi connectivity index (χ0v) is 10.7. The Morgan fingerprint density at radius 3 is 2.65 bits per heavy atom. The van der Waals surface area contributed by atoms with Crippen LogP contribution < -0.4 is 5.32 Å². The highest BCUT2D eigenvalue weighted by Crippen LogP contribution is 2.23. The lowest BCUT2D eigenvalue weighted by Crippen LogP contribution is -2.33. The van der Waals surface area contributed by atoms with Gasteiger partial charge in [-0.3, -0.25) is 15.1 Å². The predicted octanol–water partition coefficient (Wildman–Crippen LogP) is 2.08. The topological polar surface area (TPSA) is 68.1 Å². The zero-order valence-electron chi connectivity index (χ0n) is 10.7. The molecule has 0 spiro atoms. The van der Waals surface area contributed by atoms with E-state index in [9.17, 15) is 10.1 Å². The summed E-state index contributed by atoms with van der Waals surface area (Å²) in [5, 5.41) is 14.2. The molecule has 0 aliphatic rings. The standard InChI is InChI=1S/C12H19N3O2/c1-8(2)10(13-4)7-11-12(15(16)17)9(3)5-6-14-11/h5-6,8,10,13H,7H2,1-4H3. The van der Waals surface area contributed by atoms with Gasteiger partial charge in [0.25, 0.3) is 5.69 Å². The summed E-state index contributed by atoms with van der Waals surface area (Å²) in [7, 11) is 1.87. The van der Waals surface area contributed by atoms with Crippen LogP contribution >= 0.6 is 0 Å². The summed E-state index contributed by atoms with van der Waals surface area (Å²) < 4.78 is 0. The Morgan fingerprint density at radius 2 is 2.18 bits per heavy atom. The molecular formula is C12H19N3O2. The number of pyridine rings is 1. The second-order valence-corrected chi connectivity index (χ2v) is 4.52. The lowest BCUT2D eigenvalue weighted by atomic mass is 9.98. The third kappa shape index (κ3) is 3.23. The van der Waals surface area contributed by atoms with Crippen LogP contribution in [0.25, 0.3) is 0 Å². The number of nitrogens with one attached hydrogen (secondary N) is 1. The van der Waals surface area contributed by atoms with E-state index in [1.54, 1.807) is 19.2 Å². The van der Waals surface area contributed by atoms with Crippen LogP contribution in [0.3, 0.4) is 0 Å². The summed E-state index contributed by atoms with van der Waals surface area (Å²) in [6.45, 7) is 5.92. The predicted molar refractivity (Wildman–Crippen MR) is 67.0 cm³/mol. The van der Waals surface area contributed by atoms with E-state index in [1.807, 2.05) is 7.05 Å². The fourth-order valence-corrected chi connectivity index (χ4v) is 1.88. The molecule has 0 saturated heterocycles. The summed E-state index contributed by atoms with van der Waals surface area (Å²) in [6, 6.07) is 1.87. The molecule has 94 valence electrons. The molecule has 1 unspecified atom stereocenters. The minimum Gasteiger partial charge on any atom is -0.316 e. The Morgan fingerprint density at radius 1 is 1.53 bits per heavy atom. The molecule has 1 heterocycles. The van der Waals surface area contributed by atoms with E-state index in [-0.39, 0.29) is 16.7 Å². The fraction of sp³-hybridized carbons (Fsp3) is 0.583. The zero-order chi connectivity index (χ0) is 13.0. The third-order valence-corrected chi connectivity index (χ3v) is 2.97. The number of nitro groups is 1. The van der Waals surface area contributed by atoms with Crippen molar-refractivity contribution in [3.05, 3.63) is 33.6 Å². The third-order valence-electron chi connectivity index (χ3n) is 2.97.